The maximum Gasteiger partial charge on any atom is 0.248 e. The zero-order valence-electron chi connectivity index (χ0n) is 9.16. The molecule has 0 aliphatic heterocycles. The molecule has 1 N–H and O–H groups in total. The third-order valence-electron chi connectivity index (χ3n) is 2.08. The van der Waals surface area contributed by atoms with Crippen molar-refractivity contribution in [3.8, 4) is 0 Å². The highest BCUT2D eigenvalue weighted by Crippen LogP contribution is 2.05. The highest BCUT2D eigenvalue weighted by molar-refractivity contribution is 7.07. The van der Waals surface area contributed by atoms with Crippen molar-refractivity contribution in [1.29, 1.82) is 0 Å². The summed E-state index contributed by atoms with van der Waals surface area (Å²) in [5.41, 5.74) is 1.27. The molecule has 1 aromatic heterocycles. The van der Waals surface area contributed by atoms with E-state index in [0.717, 1.165) is 6.42 Å². The lowest BCUT2D eigenvalue weighted by atomic mass is 10.2. The van der Waals surface area contributed by atoms with E-state index < -0.39 is 0 Å². The van der Waals surface area contributed by atoms with Crippen LogP contribution in [0.15, 0.2) is 16.8 Å². The minimum Gasteiger partial charge on any atom is -0.369 e. The highest BCUT2D eigenvalue weighted by atomic mass is 32.1. The lowest BCUT2D eigenvalue weighted by Gasteiger charge is -2.11. The number of hydrogen-bond acceptors (Lipinski definition) is 3. The fourth-order valence-corrected chi connectivity index (χ4v) is 1.94. The molecule has 3 nitrogen and oxygen atoms in total. The van der Waals surface area contributed by atoms with Gasteiger partial charge < -0.3 is 10.1 Å². The van der Waals surface area contributed by atoms with Gasteiger partial charge in [0.15, 0.2) is 0 Å². The van der Waals surface area contributed by atoms with Gasteiger partial charge in [-0.15, -0.1) is 0 Å². The molecule has 1 rings (SSSR count). The van der Waals surface area contributed by atoms with Crippen LogP contribution in [0.3, 0.4) is 0 Å². The minimum absolute atomic E-state index is 0.0351. The Morgan fingerprint density at radius 1 is 1.67 bits per heavy atom. The predicted octanol–water partition coefficient (Wildman–Crippen LogP) is 1.83. The standard InChI is InChI=1S/C11H17NO2S/c1-3-14-9(2)11(13)12-6-4-10-5-7-15-8-10/h5,7-9H,3-4,6H2,1-2H3,(H,12,13)/t9-/m0/s1. The Balaban J connectivity index is 2.17. The zero-order valence-corrected chi connectivity index (χ0v) is 9.97. The van der Waals surface area contributed by atoms with Crippen molar-refractivity contribution in [2.75, 3.05) is 13.2 Å². The summed E-state index contributed by atoms with van der Waals surface area (Å²) in [4.78, 5) is 11.4. The summed E-state index contributed by atoms with van der Waals surface area (Å²) in [5.74, 6) is -0.0351. The fraction of sp³-hybridized carbons (Fsp3) is 0.545. The minimum atomic E-state index is -0.350. The van der Waals surface area contributed by atoms with Crippen molar-refractivity contribution in [2.24, 2.45) is 0 Å². The summed E-state index contributed by atoms with van der Waals surface area (Å²) >= 11 is 1.68. The first-order chi connectivity index (χ1) is 7.24. The van der Waals surface area contributed by atoms with Gasteiger partial charge in [0, 0.05) is 13.2 Å². The number of rotatable bonds is 6. The third-order valence-corrected chi connectivity index (χ3v) is 2.81. The van der Waals surface area contributed by atoms with Crippen molar-refractivity contribution in [3.05, 3.63) is 22.4 Å². The molecule has 15 heavy (non-hydrogen) atoms. The molecule has 84 valence electrons. The van der Waals surface area contributed by atoms with Gasteiger partial charge in [0.25, 0.3) is 0 Å². The Kier molecular flexibility index (Phi) is 5.36. The molecule has 0 fully saturated rings. The molecular formula is C11H17NO2S. The molecule has 1 amide bonds. The smallest absolute Gasteiger partial charge is 0.248 e. The maximum atomic E-state index is 11.4. The Hall–Kier alpha value is -0.870. The summed E-state index contributed by atoms with van der Waals surface area (Å²) in [5, 5.41) is 6.98. The third kappa shape index (κ3) is 4.44. The van der Waals surface area contributed by atoms with Gasteiger partial charge in [0.05, 0.1) is 0 Å². The van der Waals surface area contributed by atoms with Crippen LogP contribution in [0.2, 0.25) is 0 Å². The van der Waals surface area contributed by atoms with E-state index in [1.165, 1.54) is 5.56 Å². The second-order valence-corrected chi connectivity index (χ2v) is 4.05. The van der Waals surface area contributed by atoms with Crippen LogP contribution in [-0.2, 0) is 16.0 Å². The van der Waals surface area contributed by atoms with Gasteiger partial charge in [-0.1, -0.05) is 0 Å². The number of nitrogens with one attached hydrogen (secondary N) is 1. The number of amides is 1. The van der Waals surface area contributed by atoms with Crippen LogP contribution in [0, 0.1) is 0 Å². The maximum absolute atomic E-state index is 11.4. The monoisotopic (exact) mass is 227 g/mol. The highest BCUT2D eigenvalue weighted by Gasteiger charge is 2.10. The molecule has 1 atom stereocenters. The van der Waals surface area contributed by atoms with Gasteiger partial charge in [-0.25, -0.2) is 0 Å². The van der Waals surface area contributed by atoms with Crippen molar-refractivity contribution in [3.63, 3.8) is 0 Å². The lowest BCUT2D eigenvalue weighted by molar-refractivity contribution is -0.131. The largest absolute Gasteiger partial charge is 0.369 e. The van der Waals surface area contributed by atoms with Gasteiger partial charge in [0.2, 0.25) is 5.91 Å². The molecular weight excluding hydrogens is 210 g/mol. The van der Waals surface area contributed by atoms with E-state index in [4.69, 9.17) is 4.74 Å². The van der Waals surface area contributed by atoms with E-state index in [-0.39, 0.29) is 12.0 Å². The number of carbonyl (C=O) groups excluding carboxylic acids is 1. The number of hydrogen-bond donors (Lipinski definition) is 1. The van der Waals surface area contributed by atoms with Gasteiger partial charge in [0.1, 0.15) is 6.10 Å². The Labute approximate surface area is 94.5 Å². The van der Waals surface area contributed by atoms with Gasteiger partial charge >= 0.3 is 0 Å². The average Bonchev–Trinajstić information content (AvgIpc) is 2.71. The lowest BCUT2D eigenvalue weighted by Crippen LogP contribution is -2.35. The summed E-state index contributed by atoms with van der Waals surface area (Å²) in [6.45, 7) is 4.89. The molecule has 0 bridgehead atoms. The average molecular weight is 227 g/mol. The molecule has 1 aromatic rings. The molecule has 4 heteroatoms. The fourth-order valence-electron chi connectivity index (χ4n) is 1.23. The molecule has 0 aromatic carbocycles. The SMILES string of the molecule is CCO[C@@H](C)C(=O)NCCc1ccsc1. The van der Waals surface area contributed by atoms with E-state index in [1.807, 2.05) is 12.3 Å². The van der Waals surface area contributed by atoms with Crippen LogP contribution in [-0.4, -0.2) is 25.2 Å². The van der Waals surface area contributed by atoms with Crippen LogP contribution in [0.1, 0.15) is 19.4 Å². The van der Waals surface area contributed by atoms with E-state index >= 15 is 0 Å². The van der Waals surface area contributed by atoms with Crippen LogP contribution in [0.4, 0.5) is 0 Å². The molecule has 1 heterocycles. The van der Waals surface area contributed by atoms with E-state index in [0.29, 0.717) is 13.2 Å². The van der Waals surface area contributed by atoms with Gasteiger partial charge in [-0.3, -0.25) is 4.79 Å². The van der Waals surface area contributed by atoms with E-state index in [1.54, 1.807) is 18.3 Å². The summed E-state index contributed by atoms with van der Waals surface area (Å²) in [6, 6.07) is 2.07. The quantitative estimate of drug-likeness (QED) is 0.805. The van der Waals surface area contributed by atoms with Crippen LogP contribution in [0.25, 0.3) is 0 Å². The van der Waals surface area contributed by atoms with E-state index in [2.05, 4.69) is 16.8 Å². The van der Waals surface area contributed by atoms with E-state index in [9.17, 15) is 4.79 Å². The van der Waals surface area contributed by atoms with Crippen molar-refractivity contribution >= 4 is 17.2 Å². The van der Waals surface area contributed by atoms with Gasteiger partial charge in [-0.2, -0.15) is 11.3 Å². The number of thiophene rings is 1. The molecule has 0 aliphatic rings. The zero-order chi connectivity index (χ0) is 11.1. The second-order valence-electron chi connectivity index (χ2n) is 3.27. The normalized spacial score (nSPS) is 12.4. The first kappa shape index (κ1) is 12.2. The number of ether oxygens (including phenoxy) is 1. The molecule has 0 aliphatic carbocycles. The van der Waals surface area contributed by atoms with Crippen LogP contribution < -0.4 is 5.32 Å². The summed E-state index contributed by atoms with van der Waals surface area (Å²) in [7, 11) is 0. The Bertz CT molecular complexity index is 285. The molecule has 0 radical (unpaired) electrons. The first-order valence-electron chi connectivity index (χ1n) is 5.14. The second kappa shape index (κ2) is 6.58. The molecule has 0 saturated heterocycles. The van der Waals surface area contributed by atoms with Crippen LogP contribution in [0.5, 0.6) is 0 Å². The van der Waals surface area contributed by atoms with Crippen molar-refractivity contribution < 1.29 is 9.53 Å². The predicted molar refractivity (Wildman–Crippen MR) is 62.1 cm³/mol. The first-order valence-corrected chi connectivity index (χ1v) is 6.08. The Morgan fingerprint density at radius 2 is 2.47 bits per heavy atom. The molecule has 0 unspecified atom stereocenters. The van der Waals surface area contributed by atoms with Gasteiger partial charge in [-0.05, 0) is 42.7 Å². The topological polar surface area (TPSA) is 38.3 Å². The Morgan fingerprint density at radius 3 is 3.07 bits per heavy atom. The molecule has 0 saturated carbocycles. The summed E-state index contributed by atoms with van der Waals surface area (Å²) < 4.78 is 5.18. The molecule has 0 spiro atoms. The number of carbonyl (C=O) groups is 1. The summed E-state index contributed by atoms with van der Waals surface area (Å²) in [6.07, 6.45) is 0.533. The van der Waals surface area contributed by atoms with Crippen molar-refractivity contribution in [1.82, 2.24) is 5.32 Å². The van der Waals surface area contributed by atoms with Crippen molar-refractivity contribution in [2.45, 2.75) is 26.4 Å². The van der Waals surface area contributed by atoms with Crippen LogP contribution >= 0.6 is 11.3 Å².